The van der Waals surface area contributed by atoms with E-state index in [1.807, 2.05) is 39.0 Å². The zero-order valence-corrected chi connectivity index (χ0v) is 14.3. The van der Waals surface area contributed by atoms with Gasteiger partial charge in [0.05, 0.1) is 17.6 Å². The summed E-state index contributed by atoms with van der Waals surface area (Å²) >= 11 is 3.55. The van der Waals surface area contributed by atoms with E-state index >= 15 is 0 Å². The number of ether oxygens (including phenoxy) is 1. The number of nitrogens with one attached hydrogen (secondary N) is 1. The molecule has 0 atom stereocenters. The van der Waals surface area contributed by atoms with E-state index in [1.54, 1.807) is 0 Å². The van der Waals surface area contributed by atoms with Crippen LogP contribution >= 0.6 is 15.9 Å². The van der Waals surface area contributed by atoms with E-state index in [9.17, 15) is 4.79 Å². The second kappa shape index (κ2) is 6.05. The van der Waals surface area contributed by atoms with Gasteiger partial charge in [0.25, 0.3) is 0 Å². The van der Waals surface area contributed by atoms with Gasteiger partial charge in [-0.2, -0.15) is 0 Å². The van der Waals surface area contributed by atoms with Crippen LogP contribution in [0.2, 0.25) is 0 Å². The molecule has 0 radical (unpaired) electrons. The molecule has 114 valence electrons. The van der Waals surface area contributed by atoms with E-state index in [-0.39, 0.29) is 0 Å². The topological polar surface area (TPSA) is 56.2 Å². The molecule has 1 aromatic carbocycles. The van der Waals surface area contributed by atoms with Gasteiger partial charge in [-0.15, -0.1) is 0 Å². The minimum atomic E-state index is -0.502. The van der Waals surface area contributed by atoms with Gasteiger partial charge in [-0.3, -0.25) is 0 Å². The van der Waals surface area contributed by atoms with Crippen LogP contribution in [0, 0.1) is 0 Å². The number of carbonyl (C=O) groups excluding carboxylic acids is 1. The molecule has 0 bridgehead atoms. The Morgan fingerprint density at radius 2 is 2.14 bits per heavy atom. The second-order valence-corrected chi connectivity index (χ2v) is 6.59. The fourth-order valence-electron chi connectivity index (χ4n) is 2.13. The lowest BCUT2D eigenvalue weighted by molar-refractivity contribution is 0.0521. The predicted octanol–water partition coefficient (Wildman–Crippen LogP) is 3.84. The Morgan fingerprint density at radius 3 is 2.76 bits per heavy atom. The van der Waals surface area contributed by atoms with E-state index in [1.165, 1.54) is 0 Å². The number of halogens is 1. The lowest BCUT2D eigenvalue weighted by Gasteiger charge is -2.19. The maximum Gasteiger partial charge on any atom is 0.408 e. The first kappa shape index (κ1) is 15.8. The average molecular weight is 354 g/mol. The Balaban J connectivity index is 2.19. The summed E-state index contributed by atoms with van der Waals surface area (Å²) < 4.78 is 8.31. The number of nitrogens with zero attached hydrogens (tertiary/aromatic N) is 2. The molecule has 0 aliphatic rings. The number of benzene rings is 1. The van der Waals surface area contributed by atoms with Crippen LogP contribution in [0.15, 0.2) is 22.7 Å². The Kier molecular flexibility index (Phi) is 4.56. The number of carbonyl (C=O) groups is 1. The van der Waals surface area contributed by atoms with Crippen molar-refractivity contribution in [1.82, 2.24) is 14.9 Å². The molecule has 0 saturated carbocycles. The molecular formula is C15H20BrN3O2. The zero-order chi connectivity index (χ0) is 15.6. The summed E-state index contributed by atoms with van der Waals surface area (Å²) in [4.78, 5) is 16.3. The van der Waals surface area contributed by atoms with Crippen molar-refractivity contribution in [3.8, 4) is 0 Å². The van der Waals surface area contributed by atoms with Gasteiger partial charge < -0.3 is 14.6 Å². The molecule has 1 aromatic heterocycles. The summed E-state index contributed by atoms with van der Waals surface area (Å²) in [5, 5.41) is 2.75. The fourth-order valence-corrected chi connectivity index (χ4v) is 2.70. The number of rotatable bonds is 3. The Hall–Kier alpha value is -1.56. The van der Waals surface area contributed by atoms with E-state index in [0.717, 1.165) is 27.9 Å². The molecule has 0 fully saturated rings. The number of amides is 1. The molecule has 0 aliphatic heterocycles. The number of aryl methyl sites for hydroxylation is 1. The van der Waals surface area contributed by atoms with Gasteiger partial charge in [-0.1, -0.05) is 6.07 Å². The maximum atomic E-state index is 11.7. The van der Waals surface area contributed by atoms with Crippen LogP contribution < -0.4 is 5.32 Å². The normalized spacial score (nSPS) is 11.7. The molecule has 5 nitrogen and oxygen atoms in total. The largest absolute Gasteiger partial charge is 0.444 e. The highest BCUT2D eigenvalue weighted by Gasteiger charge is 2.17. The smallest absolute Gasteiger partial charge is 0.408 e. The van der Waals surface area contributed by atoms with E-state index in [4.69, 9.17) is 4.74 Å². The fraction of sp³-hybridized carbons (Fsp3) is 0.467. The third-order valence-electron chi connectivity index (χ3n) is 2.90. The zero-order valence-electron chi connectivity index (χ0n) is 12.7. The molecule has 0 spiro atoms. The van der Waals surface area contributed by atoms with Gasteiger partial charge in [0, 0.05) is 11.0 Å². The molecule has 1 heterocycles. The molecule has 21 heavy (non-hydrogen) atoms. The van der Waals surface area contributed by atoms with Gasteiger partial charge in [-0.05, 0) is 55.8 Å². The van der Waals surface area contributed by atoms with Crippen molar-refractivity contribution in [2.75, 3.05) is 0 Å². The van der Waals surface area contributed by atoms with E-state index in [2.05, 4.69) is 37.7 Å². The molecule has 0 unspecified atom stereocenters. The van der Waals surface area contributed by atoms with Gasteiger partial charge in [0.1, 0.15) is 11.4 Å². The van der Waals surface area contributed by atoms with Crippen molar-refractivity contribution >= 4 is 33.1 Å². The van der Waals surface area contributed by atoms with Crippen LogP contribution in [0.1, 0.15) is 33.5 Å². The summed E-state index contributed by atoms with van der Waals surface area (Å²) in [6, 6.07) is 5.90. The molecule has 1 amide bonds. The van der Waals surface area contributed by atoms with Gasteiger partial charge in [-0.25, -0.2) is 9.78 Å². The quantitative estimate of drug-likeness (QED) is 0.911. The van der Waals surface area contributed by atoms with Crippen molar-refractivity contribution in [3.05, 3.63) is 28.5 Å². The second-order valence-electron chi connectivity index (χ2n) is 5.74. The number of hydrogen-bond acceptors (Lipinski definition) is 3. The van der Waals surface area contributed by atoms with Crippen LogP contribution in [-0.2, 0) is 17.8 Å². The number of alkyl carbamates (subject to hydrolysis) is 1. The van der Waals surface area contributed by atoms with Crippen molar-refractivity contribution < 1.29 is 9.53 Å². The number of hydrogen-bond donors (Lipinski definition) is 1. The van der Waals surface area contributed by atoms with Crippen LogP contribution in [-0.4, -0.2) is 21.2 Å². The first-order valence-corrected chi connectivity index (χ1v) is 7.71. The van der Waals surface area contributed by atoms with Crippen LogP contribution in [0.25, 0.3) is 11.0 Å². The molecule has 1 N–H and O–H groups in total. The standard InChI is InChI=1S/C15H20BrN3O2/c1-5-19-12(9-17-14(20)21-15(2,3)4)18-11-8-6-7-10(16)13(11)19/h6-8H,5,9H2,1-4H3,(H,17,20). The first-order chi connectivity index (χ1) is 9.81. The Labute approximate surface area is 132 Å². The Morgan fingerprint density at radius 1 is 1.43 bits per heavy atom. The molecule has 6 heteroatoms. The summed E-state index contributed by atoms with van der Waals surface area (Å²) in [7, 11) is 0. The lowest BCUT2D eigenvalue weighted by atomic mass is 10.2. The minimum absolute atomic E-state index is 0.337. The summed E-state index contributed by atoms with van der Waals surface area (Å²) in [5.41, 5.74) is 1.45. The van der Waals surface area contributed by atoms with Crippen molar-refractivity contribution in [3.63, 3.8) is 0 Å². The predicted molar refractivity (Wildman–Crippen MR) is 86.2 cm³/mol. The molecule has 2 rings (SSSR count). The summed E-state index contributed by atoms with van der Waals surface area (Å²) in [6.07, 6.45) is -0.434. The van der Waals surface area contributed by atoms with Crippen LogP contribution in [0.5, 0.6) is 0 Å². The van der Waals surface area contributed by atoms with Gasteiger partial charge in [0.15, 0.2) is 0 Å². The van der Waals surface area contributed by atoms with Crippen molar-refractivity contribution in [2.24, 2.45) is 0 Å². The maximum absolute atomic E-state index is 11.7. The Bertz CT molecular complexity index is 659. The molecule has 2 aromatic rings. The van der Waals surface area contributed by atoms with Crippen molar-refractivity contribution in [2.45, 2.75) is 46.4 Å². The molecule has 0 saturated heterocycles. The third-order valence-corrected chi connectivity index (χ3v) is 3.54. The number of aromatic nitrogens is 2. The van der Waals surface area contributed by atoms with Crippen molar-refractivity contribution in [1.29, 1.82) is 0 Å². The number of imidazole rings is 1. The number of para-hydroxylation sites is 1. The number of fused-ring (bicyclic) bond motifs is 1. The van der Waals surface area contributed by atoms with Crippen LogP contribution in [0.3, 0.4) is 0 Å². The van der Waals surface area contributed by atoms with Gasteiger partial charge >= 0.3 is 6.09 Å². The highest BCUT2D eigenvalue weighted by molar-refractivity contribution is 9.10. The highest BCUT2D eigenvalue weighted by atomic mass is 79.9. The van der Waals surface area contributed by atoms with E-state index < -0.39 is 11.7 Å². The SMILES string of the molecule is CCn1c(CNC(=O)OC(C)(C)C)nc2cccc(Br)c21. The summed E-state index contributed by atoms with van der Waals surface area (Å²) in [5.74, 6) is 0.810. The monoisotopic (exact) mass is 353 g/mol. The molecular weight excluding hydrogens is 334 g/mol. The van der Waals surface area contributed by atoms with E-state index in [0.29, 0.717) is 6.54 Å². The highest BCUT2D eigenvalue weighted by Crippen LogP contribution is 2.25. The summed E-state index contributed by atoms with van der Waals surface area (Å²) in [6.45, 7) is 8.69. The average Bonchev–Trinajstić information content (AvgIpc) is 2.73. The molecule has 0 aliphatic carbocycles. The van der Waals surface area contributed by atoms with Gasteiger partial charge in [0.2, 0.25) is 0 Å². The first-order valence-electron chi connectivity index (χ1n) is 6.92. The van der Waals surface area contributed by atoms with Crippen LogP contribution in [0.4, 0.5) is 4.79 Å². The minimum Gasteiger partial charge on any atom is -0.444 e. The lowest BCUT2D eigenvalue weighted by Crippen LogP contribution is -2.32. The third kappa shape index (κ3) is 3.75.